The third-order valence-electron chi connectivity index (χ3n) is 3.82. The zero-order chi connectivity index (χ0) is 16.0. The van der Waals surface area contributed by atoms with E-state index in [-0.39, 0.29) is 16.9 Å². The molecule has 1 aliphatic rings. The molecule has 0 aromatic heterocycles. The summed E-state index contributed by atoms with van der Waals surface area (Å²) in [4.78, 5) is 0. The summed E-state index contributed by atoms with van der Waals surface area (Å²) in [6.07, 6.45) is 0. The van der Waals surface area contributed by atoms with Gasteiger partial charge in [0.15, 0.2) is 0 Å². The van der Waals surface area contributed by atoms with Crippen LogP contribution in [0.2, 0.25) is 0 Å². The van der Waals surface area contributed by atoms with E-state index in [0.29, 0.717) is 0 Å². The molecule has 2 N–H and O–H groups in total. The van der Waals surface area contributed by atoms with E-state index in [1.807, 2.05) is 0 Å². The highest BCUT2D eigenvalue weighted by molar-refractivity contribution is 6.63. The van der Waals surface area contributed by atoms with Crippen molar-refractivity contribution in [1.82, 2.24) is 0 Å². The highest BCUT2D eigenvalue weighted by atomic mass is 19.3. The molecule has 21 heavy (non-hydrogen) atoms. The minimum Gasteiger partial charge on any atom is -0.435 e. The second-order valence-electron chi connectivity index (χ2n) is 5.88. The minimum atomic E-state index is -3.10. The van der Waals surface area contributed by atoms with Gasteiger partial charge < -0.3 is 19.8 Å². The Morgan fingerprint density at radius 3 is 2.14 bits per heavy atom. The number of nitrogen functional groups attached to an aromatic ring is 1. The Balaban J connectivity index is 2.45. The second-order valence-corrected chi connectivity index (χ2v) is 5.88. The van der Waals surface area contributed by atoms with Crippen LogP contribution >= 0.6 is 0 Å². The molecule has 1 heterocycles. The number of alkyl halides is 2. The van der Waals surface area contributed by atoms with Gasteiger partial charge in [-0.05, 0) is 33.8 Å². The lowest BCUT2D eigenvalue weighted by Gasteiger charge is -2.32. The maximum absolute atomic E-state index is 14.2. The van der Waals surface area contributed by atoms with E-state index < -0.39 is 30.7 Å². The fourth-order valence-electron chi connectivity index (χ4n) is 2.00. The van der Waals surface area contributed by atoms with Crippen LogP contribution in [0.25, 0.3) is 0 Å². The topological polar surface area (TPSA) is 53.7 Å². The predicted molar refractivity (Wildman–Crippen MR) is 73.2 cm³/mol. The van der Waals surface area contributed by atoms with Gasteiger partial charge in [0.1, 0.15) is 11.6 Å². The fourth-order valence-corrected chi connectivity index (χ4v) is 2.00. The number of anilines is 1. The van der Waals surface area contributed by atoms with E-state index in [1.165, 1.54) is 0 Å². The van der Waals surface area contributed by atoms with Crippen LogP contribution in [-0.4, -0.2) is 24.9 Å². The van der Waals surface area contributed by atoms with Crippen molar-refractivity contribution >= 4 is 18.3 Å². The number of benzene rings is 1. The van der Waals surface area contributed by atoms with Crippen molar-refractivity contribution in [3.63, 3.8) is 0 Å². The monoisotopic (exact) mass is 303 g/mol. The van der Waals surface area contributed by atoms with Crippen LogP contribution in [0.1, 0.15) is 27.7 Å². The Morgan fingerprint density at radius 2 is 1.67 bits per heavy atom. The Morgan fingerprint density at radius 1 is 1.14 bits per heavy atom. The highest BCUT2D eigenvalue weighted by Crippen LogP contribution is 2.37. The molecule has 1 fully saturated rings. The molecule has 1 aromatic rings. The summed E-state index contributed by atoms with van der Waals surface area (Å²) in [6, 6.07) is 2.13. The Hall–Kier alpha value is -1.41. The fraction of sp³-hybridized carbons (Fsp3) is 0.538. The van der Waals surface area contributed by atoms with E-state index in [9.17, 15) is 13.2 Å². The first-order valence-electron chi connectivity index (χ1n) is 6.43. The Labute approximate surface area is 121 Å². The first kappa shape index (κ1) is 16.0. The Kier molecular flexibility index (Phi) is 3.88. The molecule has 0 unspecified atom stereocenters. The third kappa shape index (κ3) is 2.96. The van der Waals surface area contributed by atoms with Gasteiger partial charge in [0.05, 0.1) is 16.7 Å². The quantitative estimate of drug-likeness (QED) is 0.688. The lowest BCUT2D eigenvalue weighted by molar-refractivity contribution is -0.0493. The van der Waals surface area contributed by atoms with Gasteiger partial charge in [-0.3, -0.25) is 0 Å². The van der Waals surface area contributed by atoms with Gasteiger partial charge in [-0.25, -0.2) is 4.39 Å². The number of halogens is 3. The van der Waals surface area contributed by atoms with Crippen LogP contribution in [0, 0.1) is 5.82 Å². The average molecular weight is 303 g/mol. The minimum absolute atomic E-state index is 0.0246. The summed E-state index contributed by atoms with van der Waals surface area (Å²) in [5.74, 6) is -1.20. The zero-order valence-corrected chi connectivity index (χ0v) is 12.2. The number of hydrogen-bond acceptors (Lipinski definition) is 4. The smallest absolute Gasteiger partial charge is 0.435 e. The lowest BCUT2D eigenvalue weighted by atomic mass is 9.77. The summed E-state index contributed by atoms with van der Waals surface area (Å²) < 4.78 is 54.8. The van der Waals surface area contributed by atoms with Gasteiger partial charge in [0.25, 0.3) is 0 Å². The largest absolute Gasteiger partial charge is 0.501 e. The summed E-state index contributed by atoms with van der Waals surface area (Å²) in [6.45, 7) is 3.99. The number of hydrogen-bond donors (Lipinski definition) is 1. The summed E-state index contributed by atoms with van der Waals surface area (Å²) in [5.41, 5.74) is 3.76. The molecular weight excluding hydrogens is 286 g/mol. The molecule has 8 heteroatoms. The molecule has 2 rings (SSSR count). The molecule has 0 amide bonds. The molecule has 1 aromatic carbocycles. The van der Waals surface area contributed by atoms with Crippen LogP contribution < -0.4 is 15.9 Å². The zero-order valence-electron chi connectivity index (χ0n) is 12.2. The Bertz CT molecular complexity index is 536. The van der Waals surface area contributed by atoms with Gasteiger partial charge in [-0.1, -0.05) is 0 Å². The van der Waals surface area contributed by atoms with Crippen molar-refractivity contribution in [2.75, 3.05) is 5.73 Å². The molecular formula is C13H17BF3NO3. The standard InChI is InChI=1S/C13H17BF3NO3/c1-12(2)13(3,4)21-14(20-12)10-8(15)5-7(18)6-9(10)19-11(16)17/h5-6,11H,18H2,1-4H3. The van der Waals surface area contributed by atoms with Crippen LogP contribution in [0.3, 0.4) is 0 Å². The van der Waals surface area contributed by atoms with E-state index >= 15 is 0 Å². The lowest BCUT2D eigenvalue weighted by Crippen LogP contribution is -2.41. The average Bonchev–Trinajstić information content (AvgIpc) is 2.44. The normalized spacial score (nSPS) is 20.1. The van der Waals surface area contributed by atoms with Crippen molar-refractivity contribution in [2.45, 2.75) is 45.5 Å². The summed E-state index contributed by atoms with van der Waals surface area (Å²) in [5, 5.41) is 0. The van der Waals surface area contributed by atoms with Crippen molar-refractivity contribution < 1.29 is 27.2 Å². The van der Waals surface area contributed by atoms with E-state index in [1.54, 1.807) is 27.7 Å². The number of ether oxygens (including phenoxy) is 1. The maximum atomic E-state index is 14.2. The molecule has 0 bridgehead atoms. The molecule has 0 aliphatic carbocycles. The molecule has 116 valence electrons. The van der Waals surface area contributed by atoms with Crippen molar-refractivity contribution in [3.05, 3.63) is 17.9 Å². The first-order valence-corrected chi connectivity index (χ1v) is 6.43. The molecule has 0 saturated carbocycles. The SMILES string of the molecule is CC1(C)OB(c2c(F)cc(N)cc2OC(F)F)OC1(C)C. The number of nitrogens with two attached hydrogens (primary N) is 1. The molecule has 4 nitrogen and oxygen atoms in total. The molecule has 1 aliphatic heterocycles. The predicted octanol–water partition coefficient (Wildman–Crippen LogP) is 2.31. The van der Waals surface area contributed by atoms with Crippen molar-refractivity contribution in [2.24, 2.45) is 0 Å². The summed E-state index contributed by atoms with van der Waals surface area (Å²) >= 11 is 0. The van der Waals surface area contributed by atoms with E-state index in [2.05, 4.69) is 4.74 Å². The van der Waals surface area contributed by atoms with Gasteiger partial charge >= 0.3 is 13.7 Å². The highest BCUT2D eigenvalue weighted by Gasteiger charge is 2.53. The van der Waals surface area contributed by atoms with E-state index in [4.69, 9.17) is 15.0 Å². The molecule has 0 radical (unpaired) electrons. The van der Waals surface area contributed by atoms with Crippen molar-refractivity contribution in [1.29, 1.82) is 0 Å². The van der Waals surface area contributed by atoms with Crippen LogP contribution in [-0.2, 0) is 9.31 Å². The van der Waals surface area contributed by atoms with Gasteiger partial charge in [0, 0.05) is 11.8 Å². The van der Waals surface area contributed by atoms with Gasteiger partial charge in [-0.2, -0.15) is 8.78 Å². The molecule has 0 spiro atoms. The first-order chi connectivity index (χ1) is 9.53. The van der Waals surface area contributed by atoms with Crippen LogP contribution in [0.5, 0.6) is 5.75 Å². The number of rotatable bonds is 3. The second kappa shape index (κ2) is 5.10. The van der Waals surface area contributed by atoms with Gasteiger partial charge in [-0.15, -0.1) is 0 Å². The maximum Gasteiger partial charge on any atom is 0.501 e. The van der Waals surface area contributed by atoms with Gasteiger partial charge in [0.2, 0.25) is 0 Å². The molecule has 1 saturated heterocycles. The van der Waals surface area contributed by atoms with Crippen molar-refractivity contribution in [3.8, 4) is 5.75 Å². The van der Waals surface area contributed by atoms with Crippen LogP contribution in [0.4, 0.5) is 18.9 Å². The summed E-state index contributed by atoms with van der Waals surface area (Å²) in [7, 11) is -1.15. The van der Waals surface area contributed by atoms with E-state index in [0.717, 1.165) is 12.1 Å². The third-order valence-corrected chi connectivity index (χ3v) is 3.82. The van der Waals surface area contributed by atoms with Crippen LogP contribution in [0.15, 0.2) is 12.1 Å². The molecule has 0 atom stereocenters.